The molecule has 1 unspecified atom stereocenters. The largest absolute Gasteiger partial charge is 0.300 e. The molecule has 4 nitrogen and oxygen atoms in total. The third kappa shape index (κ3) is 4.68. The molecule has 18 heavy (non-hydrogen) atoms. The molecule has 2 rings (SSSR count). The van der Waals surface area contributed by atoms with Crippen molar-refractivity contribution in [3.8, 4) is 0 Å². The molecule has 0 aromatic rings. The van der Waals surface area contributed by atoms with Crippen LogP contribution in [0.5, 0.6) is 0 Å². The molecule has 0 aromatic carbocycles. The van der Waals surface area contributed by atoms with E-state index in [-0.39, 0.29) is 5.75 Å². The highest BCUT2D eigenvalue weighted by Crippen LogP contribution is 2.31. The van der Waals surface area contributed by atoms with Crippen molar-refractivity contribution < 1.29 is 8.42 Å². The maximum Gasteiger partial charge on any atom is 0.211 e. The molecule has 1 aliphatic heterocycles. The van der Waals surface area contributed by atoms with Gasteiger partial charge in [0.1, 0.15) is 0 Å². The first kappa shape index (κ1) is 14.6. The van der Waals surface area contributed by atoms with E-state index < -0.39 is 10.0 Å². The van der Waals surface area contributed by atoms with Crippen LogP contribution in [0.15, 0.2) is 0 Å². The Kier molecular flexibility index (Phi) is 5.30. The van der Waals surface area contributed by atoms with Gasteiger partial charge in [0, 0.05) is 25.0 Å². The van der Waals surface area contributed by atoms with Crippen molar-refractivity contribution in [2.75, 3.05) is 31.3 Å². The Bertz CT molecular complexity index is 357. The fourth-order valence-corrected chi connectivity index (χ4v) is 3.91. The second-order valence-electron chi connectivity index (χ2n) is 5.44. The average molecular weight is 295 g/mol. The van der Waals surface area contributed by atoms with Crippen LogP contribution in [0.4, 0.5) is 0 Å². The lowest BCUT2D eigenvalue weighted by molar-refractivity contribution is 0.314. The van der Waals surface area contributed by atoms with Gasteiger partial charge in [-0.05, 0) is 44.6 Å². The standard InChI is InChI=1S/C12H23ClN2O2S/c13-6-1-2-8-18(16,17)14-9-11-5-7-15(10-11)12-3-4-12/h11-12,14H,1-10H2. The van der Waals surface area contributed by atoms with E-state index in [1.54, 1.807) is 0 Å². The Morgan fingerprint density at radius 3 is 2.67 bits per heavy atom. The van der Waals surface area contributed by atoms with E-state index in [1.165, 1.54) is 12.8 Å². The van der Waals surface area contributed by atoms with Crippen LogP contribution in [0.25, 0.3) is 0 Å². The Balaban J connectivity index is 1.64. The molecule has 2 fully saturated rings. The maximum atomic E-state index is 11.7. The number of hydrogen-bond acceptors (Lipinski definition) is 3. The van der Waals surface area contributed by atoms with Gasteiger partial charge in [-0.2, -0.15) is 0 Å². The lowest BCUT2D eigenvalue weighted by Crippen LogP contribution is -2.33. The van der Waals surface area contributed by atoms with Gasteiger partial charge in [0.05, 0.1) is 5.75 Å². The summed E-state index contributed by atoms with van der Waals surface area (Å²) >= 11 is 5.54. The molecule has 1 saturated heterocycles. The van der Waals surface area contributed by atoms with Crippen LogP contribution in [0.2, 0.25) is 0 Å². The van der Waals surface area contributed by atoms with E-state index in [2.05, 4.69) is 9.62 Å². The molecule has 6 heteroatoms. The number of rotatable bonds is 8. The SMILES string of the molecule is O=S(=O)(CCCCCl)NCC1CCN(C2CC2)C1. The number of sulfonamides is 1. The molecule has 0 bridgehead atoms. The van der Waals surface area contributed by atoms with Gasteiger partial charge in [-0.25, -0.2) is 13.1 Å². The minimum absolute atomic E-state index is 0.207. The second-order valence-corrected chi connectivity index (χ2v) is 7.75. The van der Waals surface area contributed by atoms with E-state index in [0.717, 1.165) is 32.0 Å². The number of nitrogens with one attached hydrogen (secondary N) is 1. The predicted molar refractivity (Wildman–Crippen MR) is 74.4 cm³/mol. The highest BCUT2D eigenvalue weighted by atomic mass is 35.5. The fraction of sp³-hybridized carbons (Fsp3) is 1.00. The summed E-state index contributed by atoms with van der Waals surface area (Å²) in [5.41, 5.74) is 0. The summed E-state index contributed by atoms with van der Waals surface area (Å²) in [4.78, 5) is 2.51. The second kappa shape index (κ2) is 6.55. The molecule has 0 aromatic heterocycles. The van der Waals surface area contributed by atoms with Gasteiger partial charge in [-0.1, -0.05) is 0 Å². The molecular weight excluding hydrogens is 272 g/mol. The molecule has 0 spiro atoms. The Morgan fingerprint density at radius 1 is 1.22 bits per heavy atom. The van der Waals surface area contributed by atoms with E-state index >= 15 is 0 Å². The quantitative estimate of drug-likeness (QED) is 0.544. The molecule has 0 amide bonds. The zero-order valence-corrected chi connectivity index (χ0v) is 12.3. The van der Waals surface area contributed by atoms with Crippen LogP contribution in [0.3, 0.4) is 0 Å². The van der Waals surface area contributed by atoms with E-state index in [9.17, 15) is 8.42 Å². The Labute approximate surface area is 115 Å². The first-order valence-electron chi connectivity index (χ1n) is 6.88. The van der Waals surface area contributed by atoms with Crippen molar-refractivity contribution in [2.45, 2.75) is 38.1 Å². The van der Waals surface area contributed by atoms with Gasteiger partial charge in [0.2, 0.25) is 10.0 Å². The minimum atomic E-state index is -3.09. The molecule has 106 valence electrons. The Hall–Kier alpha value is 0.160. The van der Waals surface area contributed by atoms with Crippen LogP contribution in [-0.4, -0.2) is 50.6 Å². The summed E-state index contributed by atoms with van der Waals surface area (Å²) in [5.74, 6) is 1.24. The molecule has 1 N–H and O–H groups in total. The first-order valence-corrected chi connectivity index (χ1v) is 9.07. The highest BCUT2D eigenvalue weighted by molar-refractivity contribution is 7.89. The van der Waals surface area contributed by atoms with Gasteiger partial charge in [-0.15, -0.1) is 11.6 Å². The van der Waals surface area contributed by atoms with Crippen LogP contribution >= 0.6 is 11.6 Å². The molecule has 1 heterocycles. The summed E-state index contributed by atoms with van der Waals surface area (Å²) in [6, 6.07) is 0.801. The fourth-order valence-electron chi connectivity index (χ4n) is 2.50. The van der Waals surface area contributed by atoms with E-state index in [4.69, 9.17) is 11.6 Å². The highest BCUT2D eigenvalue weighted by Gasteiger charge is 2.34. The summed E-state index contributed by atoms with van der Waals surface area (Å²) in [5, 5.41) is 0. The van der Waals surface area contributed by atoms with Crippen LogP contribution in [0.1, 0.15) is 32.1 Å². The van der Waals surface area contributed by atoms with Crippen LogP contribution in [-0.2, 0) is 10.0 Å². The monoisotopic (exact) mass is 294 g/mol. The summed E-state index contributed by atoms with van der Waals surface area (Å²) in [6.07, 6.45) is 5.20. The van der Waals surface area contributed by atoms with Gasteiger partial charge in [0.15, 0.2) is 0 Å². The zero-order chi connectivity index (χ0) is 13.0. The van der Waals surface area contributed by atoms with E-state index in [0.29, 0.717) is 24.8 Å². The number of nitrogens with zero attached hydrogens (tertiary/aromatic N) is 1. The van der Waals surface area contributed by atoms with E-state index in [1.807, 2.05) is 0 Å². The van der Waals surface area contributed by atoms with Gasteiger partial charge < -0.3 is 4.90 Å². The van der Waals surface area contributed by atoms with Crippen molar-refractivity contribution in [1.82, 2.24) is 9.62 Å². The van der Waals surface area contributed by atoms with Gasteiger partial charge >= 0.3 is 0 Å². The summed E-state index contributed by atoms with van der Waals surface area (Å²) in [6.45, 7) is 2.81. The number of unbranched alkanes of at least 4 members (excludes halogenated alkanes) is 1. The van der Waals surface area contributed by atoms with Crippen molar-refractivity contribution in [3.63, 3.8) is 0 Å². The average Bonchev–Trinajstić information content (AvgIpc) is 3.07. The smallest absolute Gasteiger partial charge is 0.211 e. The number of alkyl halides is 1. The number of halogens is 1. The number of hydrogen-bond donors (Lipinski definition) is 1. The molecule has 1 atom stereocenters. The van der Waals surface area contributed by atoms with Crippen molar-refractivity contribution in [2.24, 2.45) is 5.92 Å². The lowest BCUT2D eigenvalue weighted by atomic mass is 10.1. The summed E-state index contributed by atoms with van der Waals surface area (Å²) in [7, 11) is -3.09. The predicted octanol–water partition coefficient (Wildman–Crippen LogP) is 1.41. The minimum Gasteiger partial charge on any atom is -0.300 e. The molecule has 1 aliphatic carbocycles. The molecule has 1 saturated carbocycles. The molecule has 0 radical (unpaired) electrons. The first-order chi connectivity index (χ1) is 8.61. The number of likely N-dealkylation sites (tertiary alicyclic amines) is 1. The van der Waals surface area contributed by atoms with Crippen LogP contribution in [0, 0.1) is 5.92 Å². The normalized spacial score (nSPS) is 25.7. The lowest BCUT2D eigenvalue weighted by Gasteiger charge is -2.15. The topological polar surface area (TPSA) is 49.4 Å². The summed E-state index contributed by atoms with van der Waals surface area (Å²) < 4.78 is 26.2. The van der Waals surface area contributed by atoms with Gasteiger partial charge in [0.25, 0.3) is 0 Å². The zero-order valence-electron chi connectivity index (χ0n) is 10.8. The van der Waals surface area contributed by atoms with Crippen LogP contribution < -0.4 is 4.72 Å². The molecular formula is C12H23ClN2O2S. The van der Waals surface area contributed by atoms with Crippen molar-refractivity contribution >= 4 is 21.6 Å². The molecule has 2 aliphatic rings. The third-order valence-electron chi connectivity index (χ3n) is 3.77. The third-order valence-corrected chi connectivity index (χ3v) is 5.47. The van der Waals surface area contributed by atoms with Crippen molar-refractivity contribution in [3.05, 3.63) is 0 Å². The van der Waals surface area contributed by atoms with Crippen molar-refractivity contribution in [1.29, 1.82) is 0 Å². The Morgan fingerprint density at radius 2 is 2.00 bits per heavy atom. The maximum absolute atomic E-state index is 11.7. The van der Waals surface area contributed by atoms with Gasteiger partial charge in [-0.3, -0.25) is 0 Å².